The van der Waals surface area contributed by atoms with E-state index in [-0.39, 0.29) is 30.0 Å². The highest BCUT2D eigenvalue weighted by Gasteiger charge is 2.34. The van der Waals surface area contributed by atoms with Crippen LogP contribution in [-0.2, 0) is 4.79 Å². The molecule has 0 radical (unpaired) electrons. The highest BCUT2D eigenvalue weighted by atomic mass is 19.2. The predicted molar refractivity (Wildman–Crippen MR) is 144 cm³/mol. The molecule has 0 bridgehead atoms. The number of hydrogen-bond acceptors (Lipinski definition) is 4. The average molecular weight is 542 g/mol. The Morgan fingerprint density at radius 2 is 1.77 bits per heavy atom. The molecule has 2 N–H and O–H groups in total. The monoisotopic (exact) mass is 541 g/mol. The van der Waals surface area contributed by atoms with E-state index < -0.39 is 17.5 Å². The van der Waals surface area contributed by atoms with Crippen molar-refractivity contribution in [2.24, 2.45) is 5.92 Å². The van der Waals surface area contributed by atoms with E-state index in [1.54, 1.807) is 12.0 Å². The van der Waals surface area contributed by atoms with Crippen molar-refractivity contribution in [1.82, 2.24) is 14.8 Å². The molecule has 9 heteroatoms. The molecule has 2 aromatic carbocycles. The van der Waals surface area contributed by atoms with Gasteiger partial charge in [-0.25, -0.2) is 13.2 Å². The third kappa shape index (κ3) is 5.84. The normalized spacial score (nSPS) is 18.7. The third-order valence-electron chi connectivity index (χ3n) is 8.37. The zero-order valence-corrected chi connectivity index (χ0v) is 22.0. The van der Waals surface area contributed by atoms with Crippen LogP contribution in [0.5, 0.6) is 5.75 Å². The van der Waals surface area contributed by atoms with Crippen LogP contribution in [0, 0.1) is 23.4 Å². The van der Waals surface area contributed by atoms with E-state index in [1.807, 2.05) is 12.1 Å². The maximum atomic E-state index is 13.4. The molecule has 5 rings (SSSR count). The summed E-state index contributed by atoms with van der Waals surface area (Å²) >= 11 is 0. The van der Waals surface area contributed by atoms with E-state index in [0.29, 0.717) is 19.0 Å². The molecule has 208 valence electrons. The first-order valence-electron chi connectivity index (χ1n) is 13.5. The molecule has 3 heterocycles. The van der Waals surface area contributed by atoms with Crippen LogP contribution in [0.1, 0.15) is 42.7 Å². The number of aliphatic hydroxyl groups excluding tert-OH is 1. The number of rotatable bonds is 7. The minimum absolute atomic E-state index is 0.0520. The minimum Gasteiger partial charge on any atom is -0.497 e. The number of likely N-dealkylation sites (tertiary alicyclic amines) is 2. The van der Waals surface area contributed by atoms with E-state index in [1.165, 1.54) is 23.1 Å². The zero-order valence-electron chi connectivity index (χ0n) is 22.0. The number of amides is 1. The van der Waals surface area contributed by atoms with Crippen molar-refractivity contribution in [3.05, 3.63) is 71.2 Å². The van der Waals surface area contributed by atoms with Gasteiger partial charge in [0.2, 0.25) is 5.91 Å². The first-order chi connectivity index (χ1) is 18.9. The Morgan fingerprint density at radius 3 is 2.41 bits per heavy atom. The molecule has 0 aliphatic carbocycles. The van der Waals surface area contributed by atoms with Gasteiger partial charge in [0.1, 0.15) is 5.75 Å². The van der Waals surface area contributed by atoms with Crippen LogP contribution >= 0.6 is 0 Å². The molecule has 2 saturated heterocycles. The van der Waals surface area contributed by atoms with Gasteiger partial charge in [-0.15, -0.1) is 0 Å². The quantitative estimate of drug-likeness (QED) is 0.323. The van der Waals surface area contributed by atoms with Crippen LogP contribution in [0.4, 0.5) is 13.2 Å². The summed E-state index contributed by atoms with van der Waals surface area (Å²) in [5, 5.41) is 11.5. The first kappa shape index (κ1) is 27.3. The highest BCUT2D eigenvalue weighted by Crippen LogP contribution is 2.36. The van der Waals surface area contributed by atoms with E-state index in [0.717, 1.165) is 62.2 Å². The molecular weight excluding hydrogens is 507 g/mol. The van der Waals surface area contributed by atoms with Gasteiger partial charge in [0, 0.05) is 48.4 Å². The number of aliphatic hydroxyl groups is 1. The van der Waals surface area contributed by atoms with E-state index in [9.17, 15) is 23.1 Å². The van der Waals surface area contributed by atoms with Crippen molar-refractivity contribution in [2.75, 3.05) is 39.9 Å². The van der Waals surface area contributed by atoms with Gasteiger partial charge in [0.25, 0.3) is 0 Å². The van der Waals surface area contributed by atoms with Crippen LogP contribution in [-0.4, -0.2) is 71.7 Å². The van der Waals surface area contributed by atoms with Crippen molar-refractivity contribution < 1.29 is 27.8 Å². The van der Waals surface area contributed by atoms with Crippen molar-refractivity contribution in [3.8, 4) is 5.75 Å². The van der Waals surface area contributed by atoms with Crippen LogP contribution in [0.2, 0.25) is 0 Å². The topological polar surface area (TPSA) is 68.8 Å². The summed E-state index contributed by atoms with van der Waals surface area (Å²) in [5.74, 6) is -2.79. The second-order valence-corrected chi connectivity index (χ2v) is 10.5. The smallest absolute Gasteiger partial charge is 0.246 e. The molecular formula is C30H34F3N3O3. The van der Waals surface area contributed by atoms with Crippen LogP contribution < -0.4 is 4.74 Å². The molecule has 1 atom stereocenters. The largest absolute Gasteiger partial charge is 0.497 e. The molecule has 1 aromatic heterocycles. The summed E-state index contributed by atoms with van der Waals surface area (Å²) in [6.07, 6.45) is 8.25. The number of benzene rings is 2. The number of halogens is 3. The highest BCUT2D eigenvalue weighted by molar-refractivity contribution is 5.91. The molecule has 1 amide bonds. The van der Waals surface area contributed by atoms with E-state index in [4.69, 9.17) is 4.74 Å². The maximum absolute atomic E-state index is 13.4. The van der Waals surface area contributed by atoms with Crippen LogP contribution in [0.25, 0.3) is 17.0 Å². The lowest BCUT2D eigenvalue weighted by Gasteiger charge is -2.43. The van der Waals surface area contributed by atoms with Gasteiger partial charge in [-0.1, -0.05) is 0 Å². The van der Waals surface area contributed by atoms with Gasteiger partial charge in [0.15, 0.2) is 17.5 Å². The fourth-order valence-corrected chi connectivity index (χ4v) is 6.15. The third-order valence-corrected chi connectivity index (χ3v) is 8.37. The van der Waals surface area contributed by atoms with Gasteiger partial charge < -0.3 is 19.7 Å². The molecule has 3 aromatic rings. The second-order valence-electron chi connectivity index (χ2n) is 10.5. The van der Waals surface area contributed by atoms with Crippen LogP contribution in [0.15, 0.2) is 42.6 Å². The zero-order chi connectivity index (χ0) is 27.5. The van der Waals surface area contributed by atoms with Gasteiger partial charge in [-0.05, 0) is 92.1 Å². The minimum atomic E-state index is -1.53. The lowest BCUT2D eigenvalue weighted by Crippen LogP contribution is -2.50. The number of aromatic amines is 1. The number of ether oxygens (including phenoxy) is 1. The van der Waals surface area contributed by atoms with Crippen molar-refractivity contribution in [3.63, 3.8) is 0 Å². The number of aromatic nitrogens is 1. The standard InChI is InChI=1S/C30H34F3N3O3/c1-39-22-3-4-23-24(17-34-27(23)16-22)20-6-10-35(11-7-20)28(18-37)21-8-12-36(13-9-21)29(38)5-2-19-14-25(31)30(33)26(32)15-19/h2-5,14-17,20-21,28,34,37H,6-13,18H2,1H3. The number of nitrogens with one attached hydrogen (secondary N) is 1. The number of nitrogens with zero attached hydrogens (tertiary/aromatic N) is 2. The lowest BCUT2D eigenvalue weighted by molar-refractivity contribution is -0.127. The Morgan fingerprint density at radius 1 is 1.08 bits per heavy atom. The van der Waals surface area contributed by atoms with Crippen LogP contribution in [0.3, 0.4) is 0 Å². The molecule has 1 unspecified atom stereocenters. The van der Waals surface area contributed by atoms with Gasteiger partial charge in [-0.3, -0.25) is 9.69 Å². The fraction of sp³-hybridized carbons (Fsp3) is 0.433. The lowest BCUT2D eigenvalue weighted by atomic mass is 9.84. The Bertz CT molecular complexity index is 1320. The van der Waals surface area contributed by atoms with E-state index >= 15 is 0 Å². The molecule has 0 saturated carbocycles. The van der Waals surface area contributed by atoms with Crippen molar-refractivity contribution in [1.29, 1.82) is 0 Å². The molecule has 39 heavy (non-hydrogen) atoms. The number of carbonyl (C=O) groups is 1. The van der Waals surface area contributed by atoms with Crippen molar-refractivity contribution in [2.45, 2.75) is 37.6 Å². The number of H-pyrrole nitrogens is 1. The summed E-state index contributed by atoms with van der Waals surface area (Å²) in [4.78, 5) is 20.1. The summed E-state index contributed by atoms with van der Waals surface area (Å²) in [6.45, 7) is 2.99. The Labute approximate surface area is 226 Å². The SMILES string of the molecule is COc1ccc2c(C3CCN(C(CO)C4CCN(C(=O)C=Cc5cc(F)c(F)c(F)c5)CC4)CC3)c[nH]c2c1. The number of piperidine rings is 2. The molecule has 2 aliphatic rings. The van der Waals surface area contributed by atoms with Gasteiger partial charge >= 0.3 is 0 Å². The predicted octanol–water partition coefficient (Wildman–Crippen LogP) is 5.09. The Kier molecular flexibility index (Phi) is 8.28. The van der Waals surface area contributed by atoms with E-state index in [2.05, 4.69) is 22.1 Å². The second kappa shape index (κ2) is 11.8. The summed E-state index contributed by atoms with van der Waals surface area (Å²) < 4.78 is 45.4. The first-order valence-corrected chi connectivity index (χ1v) is 13.5. The summed E-state index contributed by atoms with van der Waals surface area (Å²) in [6, 6.07) is 7.90. The summed E-state index contributed by atoms with van der Waals surface area (Å²) in [7, 11) is 1.67. The fourth-order valence-electron chi connectivity index (χ4n) is 6.15. The molecule has 6 nitrogen and oxygen atoms in total. The average Bonchev–Trinajstić information content (AvgIpc) is 3.39. The Balaban J connectivity index is 1.14. The number of hydrogen-bond donors (Lipinski definition) is 2. The number of methoxy groups -OCH3 is 1. The molecule has 2 aliphatic heterocycles. The maximum Gasteiger partial charge on any atom is 0.246 e. The summed E-state index contributed by atoms with van der Waals surface area (Å²) in [5.41, 5.74) is 2.50. The van der Waals surface area contributed by atoms with Gasteiger partial charge in [0.05, 0.1) is 13.7 Å². The Hall–Kier alpha value is -3.30. The van der Waals surface area contributed by atoms with Crippen molar-refractivity contribution >= 4 is 22.9 Å². The molecule has 0 spiro atoms. The number of fused-ring (bicyclic) bond motifs is 1. The van der Waals surface area contributed by atoms with Gasteiger partial charge in [-0.2, -0.15) is 0 Å². The number of carbonyl (C=O) groups excluding carboxylic acids is 1. The molecule has 2 fully saturated rings.